The van der Waals surface area contributed by atoms with E-state index < -0.39 is 23.6 Å². The Balaban J connectivity index is 0.739. The minimum Gasteiger partial charge on any atom is -0.349 e. The van der Waals surface area contributed by atoms with Crippen LogP contribution in [0.5, 0.6) is 0 Å². The summed E-state index contributed by atoms with van der Waals surface area (Å²) in [5, 5.41) is 13.0. The predicted molar refractivity (Wildman–Crippen MR) is 349 cm³/mol. The first-order chi connectivity index (χ1) is 43.8. The number of hydrogen-bond donors (Lipinski definition) is 5. The fourth-order valence-corrected chi connectivity index (χ4v) is 12.0. The molecule has 0 atom stereocenters. The van der Waals surface area contributed by atoms with Crippen LogP contribution in [-0.2, 0) is 84.6 Å². The first kappa shape index (κ1) is 68.5. The summed E-state index contributed by atoms with van der Waals surface area (Å²) >= 11 is 7.29. The van der Waals surface area contributed by atoms with Gasteiger partial charge in [-0.1, -0.05) is 11.6 Å². The van der Waals surface area contributed by atoms with Crippen LogP contribution in [-0.4, -0.2) is 138 Å². The van der Waals surface area contributed by atoms with Crippen LogP contribution in [0.15, 0.2) is 85.2 Å². The molecule has 92 heavy (non-hydrogen) atoms. The van der Waals surface area contributed by atoms with Gasteiger partial charge in [0.05, 0.1) is 45.6 Å². The van der Waals surface area contributed by atoms with Crippen molar-refractivity contribution >= 4 is 98.5 Å². The number of thiophene rings is 1. The normalized spacial score (nSPS) is 11.3. The van der Waals surface area contributed by atoms with Gasteiger partial charge in [0.25, 0.3) is 23.6 Å². The lowest BCUT2D eigenvalue weighted by Crippen LogP contribution is -2.27. The van der Waals surface area contributed by atoms with Gasteiger partial charge in [-0.3, -0.25) is 47.9 Å². The molecule has 0 fully saturated rings. The van der Waals surface area contributed by atoms with Crippen LogP contribution in [0.4, 0.5) is 17.2 Å². The predicted octanol–water partition coefficient (Wildman–Crippen LogP) is 7.29. The third-order valence-corrected chi connectivity index (χ3v) is 16.9. The number of rotatable bonds is 35. The Bertz CT molecular complexity index is 4090. The molecule has 0 radical (unpaired) electrons. The molecule has 0 saturated carbocycles. The highest BCUT2D eigenvalue weighted by molar-refractivity contribution is 7.12. The van der Waals surface area contributed by atoms with Gasteiger partial charge in [0.2, 0.25) is 11.6 Å². The number of anilines is 3. The maximum Gasteiger partial charge on any atom is 0.287 e. The highest BCUT2D eigenvalue weighted by atomic mass is 35.5. The number of carbonyl (C=O) groups is 10. The van der Waals surface area contributed by atoms with Gasteiger partial charge in [-0.25, -0.2) is 9.97 Å². The van der Waals surface area contributed by atoms with Gasteiger partial charge in [-0.2, -0.15) is 0 Å². The van der Waals surface area contributed by atoms with Crippen LogP contribution in [0.2, 0.25) is 5.02 Å². The molecule has 6 N–H and O–H groups in total. The fourth-order valence-electron chi connectivity index (χ4n) is 10.9. The molecule has 0 spiro atoms. The number of nitrogens with one attached hydrogen (secondary N) is 4. The minimum atomic E-state index is -0.557. The zero-order valence-corrected chi connectivity index (χ0v) is 54.6. The van der Waals surface area contributed by atoms with Crippen molar-refractivity contribution in [2.75, 3.05) is 49.2 Å². The zero-order valence-electron chi connectivity index (χ0n) is 53.0. The second kappa shape index (κ2) is 31.1. The quantitative estimate of drug-likeness (QED) is 0.0193. The van der Waals surface area contributed by atoms with E-state index in [0.717, 1.165) is 32.4 Å². The summed E-state index contributed by atoms with van der Waals surface area (Å²) in [6.07, 6.45) is 16.1. The second-order valence-corrected chi connectivity index (χ2v) is 24.6. The van der Waals surface area contributed by atoms with E-state index in [4.69, 9.17) is 17.3 Å². The summed E-state index contributed by atoms with van der Waals surface area (Å²) in [4.78, 5) is 143. The van der Waals surface area contributed by atoms with E-state index in [9.17, 15) is 47.9 Å². The molecule has 486 valence electrons. The van der Waals surface area contributed by atoms with Crippen LogP contribution in [0, 0.1) is 0 Å². The van der Waals surface area contributed by atoms with Gasteiger partial charge < -0.3 is 63.9 Å². The molecular weight excluding hydrogens is 1220 g/mol. The van der Waals surface area contributed by atoms with Gasteiger partial charge in [0.15, 0.2) is 29.0 Å². The number of unbranched alkanes of at least 4 members (excludes halogenated alkanes) is 1. The number of nitrogens with two attached hydrogens (primary N) is 1. The van der Waals surface area contributed by atoms with Gasteiger partial charge in [-0.15, -0.1) is 11.3 Å². The molecule has 4 amide bonds. The summed E-state index contributed by atoms with van der Waals surface area (Å²) in [6.45, 7) is 2.67. The lowest BCUT2D eigenvalue weighted by Gasteiger charge is -2.15. The molecule has 25 nitrogen and oxygen atoms in total. The van der Waals surface area contributed by atoms with Crippen molar-refractivity contribution in [2.24, 2.45) is 55.1 Å². The largest absolute Gasteiger partial charge is 0.349 e. The first-order valence-corrected chi connectivity index (χ1v) is 31.4. The number of aromatic nitrogens is 9. The van der Waals surface area contributed by atoms with Gasteiger partial charge in [0, 0.05) is 144 Å². The van der Waals surface area contributed by atoms with Crippen molar-refractivity contribution in [3.8, 4) is 0 Å². The highest BCUT2D eigenvalue weighted by Crippen LogP contribution is 2.26. The monoisotopic (exact) mass is 1300 g/mol. The Morgan fingerprint density at radius 1 is 0.489 bits per heavy atom. The Morgan fingerprint density at radius 3 is 1.62 bits per heavy atom. The topological polar surface area (TPSA) is 308 Å². The number of nitrogens with zero attached hydrogens (tertiary/aromatic N) is 10. The molecule has 8 aromatic rings. The van der Waals surface area contributed by atoms with Crippen molar-refractivity contribution in [3.05, 3.63) is 158 Å². The fraction of sp³-hybridized carbons (Fsp3) is 0.385. The van der Waals surface area contributed by atoms with Crippen molar-refractivity contribution in [2.45, 2.75) is 83.5 Å². The van der Waals surface area contributed by atoms with Crippen molar-refractivity contribution < 1.29 is 47.9 Å². The number of amides is 4. The zero-order chi connectivity index (χ0) is 66.5. The second-order valence-electron chi connectivity index (χ2n) is 23.3. The number of hydrogen-bond acceptors (Lipinski definition) is 15. The molecule has 8 rings (SSSR count). The molecule has 8 aromatic heterocycles. The smallest absolute Gasteiger partial charge is 0.287 e. The molecule has 8 heterocycles. The lowest BCUT2D eigenvalue weighted by molar-refractivity contribution is -0.119. The third-order valence-electron chi connectivity index (χ3n) is 15.6. The Labute approximate surface area is 541 Å². The maximum atomic E-state index is 13.6. The van der Waals surface area contributed by atoms with Crippen LogP contribution in [0.25, 0.3) is 0 Å². The van der Waals surface area contributed by atoms with Crippen molar-refractivity contribution in [1.82, 2.24) is 52.2 Å². The minimum absolute atomic E-state index is 0.0138. The average molecular weight is 1300 g/mol. The van der Waals surface area contributed by atoms with Crippen molar-refractivity contribution in [1.29, 1.82) is 0 Å². The maximum absolute atomic E-state index is 13.6. The Hall–Kier alpha value is -9.37. The van der Waals surface area contributed by atoms with Gasteiger partial charge in [-0.05, 0) is 117 Å². The molecular formula is C65H78ClN15O10S. The van der Waals surface area contributed by atoms with Gasteiger partial charge in [0.1, 0.15) is 27.8 Å². The average Bonchev–Trinajstić information content (AvgIpc) is 1.90. The SMILES string of the molecule is CN(CCCN)CCCCC(=O)CCCC(=O)c1cc(CC(=O)c2cc(CC(=O)c3nc(CC(=O)c4cc(CC(=O)CCCNC(=O)c5nc(NC(=O)c6cc(NC(=O)c7cc(NC(=O)c8sccc8Cl)cn7C)cn6C)cn5C)cn4C)cn3C)cn2C)cn1C. The van der Waals surface area contributed by atoms with E-state index in [-0.39, 0.29) is 109 Å². The van der Waals surface area contributed by atoms with Crippen LogP contribution < -0.4 is 27.0 Å². The molecule has 27 heteroatoms. The lowest BCUT2D eigenvalue weighted by atomic mass is 10.0. The van der Waals surface area contributed by atoms with Crippen LogP contribution in [0.1, 0.15) is 164 Å². The van der Waals surface area contributed by atoms with E-state index in [0.29, 0.717) is 93.0 Å². The Kier molecular flexibility index (Phi) is 23.2. The first-order valence-electron chi connectivity index (χ1n) is 30.2. The summed E-state index contributed by atoms with van der Waals surface area (Å²) < 4.78 is 11.1. The summed E-state index contributed by atoms with van der Waals surface area (Å²) in [5.41, 5.74) is 10.2. The van der Waals surface area contributed by atoms with E-state index in [1.54, 1.807) is 139 Å². The number of aryl methyl sites for hydroxylation is 7. The number of ketones is 6. The standard InChI is InChI=1S/C65H78ClN15O10S/c1-74(22-13-19-67)21-10-9-14-46(82)15-11-17-54(84)49-26-41(34-75(49)2)28-55(85)50-27-42(35-77(50)4)29-57(87)60-69-45(38-80(60)7)32-56(86)51-25-40(33-76(51)3)24-47(83)16-12-20-68-65(91)61-72-58(39-81(61)8)73-63(89)53-30-43(36-79(53)6)70-62(88)52-31-44(37-78(52)5)71-64(90)59-48(66)18-23-92-59/h18,23,25-27,30-31,33-39H,9-17,19-22,24,28-29,32,67H2,1-8H3,(H,68,91)(H,70,88)(H,71,90)(H,73,89). The third kappa shape index (κ3) is 18.0. The Morgan fingerprint density at radius 2 is 1.01 bits per heavy atom. The molecule has 0 aliphatic carbocycles. The molecule has 0 saturated heterocycles. The van der Waals surface area contributed by atoms with Crippen LogP contribution in [0.3, 0.4) is 0 Å². The van der Waals surface area contributed by atoms with E-state index in [2.05, 4.69) is 43.2 Å². The molecule has 0 aliphatic rings. The number of carbonyl (C=O) groups excluding carboxylic acids is 10. The molecule has 0 unspecified atom stereocenters. The number of Topliss-reactive ketones (excluding diaryl/α,β-unsaturated/α-hetero) is 6. The number of imidazole rings is 2. The molecule has 0 aromatic carbocycles. The summed E-state index contributed by atoms with van der Waals surface area (Å²) in [5.74, 6) is -2.53. The van der Waals surface area contributed by atoms with Crippen molar-refractivity contribution in [3.63, 3.8) is 0 Å². The van der Waals surface area contributed by atoms with Gasteiger partial charge >= 0.3 is 0 Å². The van der Waals surface area contributed by atoms with E-state index in [1.165, 1.54) is 38.8 Å². The van der Waals surface area contributed by atoms with E-state index in [1.807, 2.05) is 0 Å². The molecule has 0 aliphatic heterocycles. The number of halogens is 1. The summed E-state index contributed by atoms with van der Waals surface area (Å²) in [7, 11) is 13.8. The molecule has 0 bridgehead atoms. The van der Waals surface area contributed by atoms with Crippen LogP contribution >= 0.6 is 22.9 Å². The van der Waals surface area contributed by atoms with E-state index >= 15 is 0 Å². The summed E-state index contributed by atoms with van der Waals surface area (Å²) in [6, 6.07) is 9.67. The highest BCUT2D eigenvalue weighted by Gasteiger charge is 2.25.